The Bertz CT molecular complexity index is 211. The van der Waals surface area contributed by atoms with Gasteiger partial charge < -0.3 is 4.74 Å². The number of hydrogen-bond acceptors (Lipinski definition) is 4. The average molecular weight is 152 g/mol. The Morgan fingerprint density at radius 3 is 2.73 bits per heavy atom. The minimum absolute atomic E-state index is 0.0708. The fourth-order valence-electron chi connectivity index (χ4n) is 0.375. The fourth-order valence-corrected chi connectivity index (χ4v) is 0.375. The molecule has 0 aliphatic heterocycles. The van der Waals surface area contributed by atoms with E-state index in [1.54, 1.807) is 6.07 Å². The number of nitrogens with zero attached hydrogens (tertiary/aromatic N) is 2. The van der Waals surface area contributed by atoms with E-state index in [1.807, 2.05) is 6.07 Å². The summed E-state index contributed by atoms with van der Waals surface area (Å²) in [6.07, 6.45) is 0.171. The molecule has 0 fully saturated rings. The second kappa shape index (κ2) is 5.25. The summed E-state index contributed by atoms with van der Waals surface area (Å²) >= 11 is 0. The maximum absolute atomic E-state index is 10.7. The maximum atomic E-state index is 10.7. The Morgan fingerprint density at radius 2 is 2.27 bits per heavy atom. The smallest absolute Gasteiger partial charge is 0.323 e. The molecule has 0 aliphatic rings. The van der Waals surface area contributed by atoms with E-state index in [0.717, 1.165) is 0 Å². The topological polar surface area (TPSA) is 73.9 Å². The average Bonchev–Trinajstić information content (AvgIpc) is 2.03. The summed E-state index contributed by atoms with van der Waals surface area (Å²) in [6.45, 7) is 1.52. The number of carbonyl (C=O) groups excluding carboxylic acids is 1. The van der Waals surface area contributed by atoms with E-state index in [-0.39, 0.29) is 13.0 Å². The summed E-state index contributed by atoms with van der Waals surface area (Å²) < 4.78 is 4.55. The van der Waals surface area contributed by atoms with Gasteiger partial charge in [-0.2, -0.15) is 10.5 Å². The second-order valence-electron chi connectivity index (χ2n) is 1.93. The molecule has 4 heteroatoms. The third-order valence-corrected chi connectivity index (χ3v) is 1.01. The molecule has 0 rings (SSSR count). The lowest BCUT2D eigenvalue weighted by Crippen LogP contribution is -2.13. The standard InChI is InChI=1S/C7H8N2O2/c1-6(5-9)7(10)11-4-2-3-8/h6H,2,4H2,1H3. The van der Waals surface area contributed by atoms with E-state index in [0.29, 0.717) is 0 Å². The summed E-state index contributed by atoms with van der Waals surface area (Å²) in [5, 5.41) is 16.3. The predicted octanol–water partition coefficient (Wildman–Crippen LogP) is 0.603. The molecule has 0 aliphatic carbocycles. The number of hydrogen-bond donors (Lipinski definition) is 0. The molecular formula is C7H8N2O2. The van der Waals surface area contributed by atoms with Gasteiger partial charge in [0, 0.05) is 0 Å². The van der Waals surface area contributed by atoms with Crippen LogP contribution < -0.4 is 0 Å². The Hall–Kier alpha value is -1.55. The molecule has 0 heterocycles. The lowest BCUT2D eigenvalue weighted by atomic mass is 10.2. The van der Waals surface area contributed by atoms with Gasteiger partial charge in [0.2, 0.25) is 0 Å². The molecule has 0 N–H and O–H groups in total. The highest BCUT2D eigenvalue weighted by Crippen LogP contribution is 1.95. The van der Waals surface area contributed by atoms with E-state index < -0.39 is 11.9 Å². The molecule has 4 nitrogen and oxygen atoms in total. The quantitative estimate of drug-likeness (QED) is 0.438. The fraction of sp³-hybridized carbons (Fsp3) is 0.571. The van der Waals surface area contributed by atoms with E-state index in [4.69, 9.17) is 10.5 Å². The molecule has 0 amide bonds. The van der Waals surface area contributed by atoms with Crippen LogP contribution in [0.4, 0.5) is 0 Å². The van der Waals surface area contributed by atoms with E-state index in [9.17, 15) is 4.79 Å². The number of rotatable bonds is 3. The van der Waals surface area contributed by atoms with Crippen molar-refractivity contribution in [3.05, 3.63) is 0 Å². The number of ether oxygens (including phenoxy) is 1. The van der Waals surface area contributed by atoms with Crippen molar-refractivity contribution in [2.75, 3.05) is 6.61 Å². The first-order valence-electron chi connectivity index (χ1n) is 3.15. The van der Waals surface area contributed by atoms with Crippen LogP contribution in [-0.4, -0.2) is 12.6 Å². The molecular weight excluding hydrogens is 144 g/mol. The Morgan fingerprint density at radius 1 is 1.64 bits per heavy atom. The predicted molar refractivity (Wildman–Crippen MR) is 36.0 cm³/mol. The highest BCUT2D eigenvalue weighted by Gasteiger charge is 2.11. The Kier molecular flexibility index (Phi) is 4.51. The summed E-state index contributed by atoms with van der Waals surface area (Å²) in [5.41, 5.74) is 0. The lowest BCUT2D eigenvalue weighted by Gasteiger charge is -2.01. The first-order valence-corrected chi connectivity index (χ1v) is 3.15. The molecule has 0 aromatic carbocycles. The van der Waals surface area contributed by atoms with Crippen LogP contribution in [0.2, 0.25) is 0 Å². The monoisotopic (exact) mass is 152 g/mol. The summed E-state index contributed by atoms with van der Waals surface area (Å²) in [6, 6.07) is 3.55. The maximum Gasteiger partial charge on any atom is 0.323 e. The van der Waals surface area contributed by atoms with Crippen molar-refractivity contribution in [3.63, 3.8) is 0 Å². The molecule has 1 unspecified atom stereocenters. The molecule has 11 heavy (non-hydrogen) atoms. The summed E-state index contributed by atoms with van der Waals surface area (Å²) in [7, 11) is 0. The van der Waals surface area contributed by atoms with Gasteiger partial charge in [-0.1, -0.05) is 0 Å². The van der Waals surface area contributed by atoms with Gasteiger partial charge in [0.1, 0.15) is 12.5 Å². The summed E-state index contributed by atoms with van der Waals surface area (Å²) in [4.78, 5) is 10.7. The molecule has 1 atom stereocenters. The highest BCUT2D eigenvalue weighted by atomic mass is 16.5. The zero-order valence-corrected chi connectivity index (χ0v) is 6.20. The van der Waals surface area contributed by atoms with Gasteiger partial charge in [0.15, 0.2) is 0 Å². The van der Waals surface area contributed by atoms with Crippen LogP contribution in [0.3, 0.4) is 0 Å². The van der Waals surface area contributed by atoms with E-state index in [1.165, 1.54) is 6.92 Å². The lowest BCUT2D eigenvalue weighted by molar-refractivity contribution is -0.145. The Labute approximate surface area is 65.0 Å². The zero-order chi connectivity index (χ0) is 8.69. The van der Waals surface area contributed by atoms with Gasteiger partial charge in [0.25, 0.3) is 0 Å². The van der Waals surface area contributed by atoms with Crippen LogP contribution in [-0.2, 0) is 9.53 Å². The SMILES string of the molecule is CC(C#N)C(=O)OCCC#N. The van der Waals surface area contributed by atoms with Crippen molar-refractivity contribution in [1.29, 1.82) is 10.5 Å². The largest absolute Gasteiger partial charge is 0.464 e. The summed E-state index contributed by atoms with van der Waals surface area (Å²) in [5.74, 6) is -1.31. The van der Waals surface area contributed by atoms with Gasteiger partial charge in [-0.15, -0.1) is 0 Å². The molecule has 0 aromatic rings. The minimum atomic E-state index is -0.742. The third-order valence-electron chi connectivity index (χ3n) is 1.01. The van der Waals surface area contributed by atoms with Crippen LogP contribution in [0, 0.1) is 28.6 Å². The van der Waals surface area contributed by atoms with Gasteiger partial charge in [-0.05, 0) is 6.92 Å². The molecule has 0 saturated carbocycles. The first-order chi connectivity index (χ1) is 5.22. The van der Waals surface area contributed by atoms with Gasteiger partial charge in [-0.3, -0.25) is 4.79 Å². The van der Waals surface area contributed by atoms with Gasteiger partial charge >= 0.3 is 5.97 Å². The molecule has 0 spiro atoms. The van der Waals surface area contributed by atoms with Crippen molar-refractivity contribution in [3.8, 4) is 12.1 Å². The number of carbonyl (C=O) groups is 1. The normalized spacial score (nSPS) is 10.8. The van der Waals surface area contributed by atoms with Crippen LogP contribution in [0.25, 0.3) is 0 Å². The van der Waals surface area contributed by atoms with E-state index in [2.05, 4.69) is 4.74 Å². The van der Waals surface area contributed by atoms with Crippen LogP contribution in [0.5, 0.6) is 0 Å². The highest BCUT2D eigenvalue weighted by molar-refractivity contribution is 5.74. The molecule has 58 valence electrons. The molecule has 0 aromatic heterocycles. The Balaban J connectivity index is 3.56. The van der Waals surface area contributed by atoms with Gasteiger partial charge in [-0.25, -0.2) is 0 Å². The van der Waals surface area contributed by atoms with Crippen molar-refractivity contribution in [2.45, 2.75) is 13.3 Å². The van der Waals surface area contributed by atoms with Gasteiger partial charge in [0.05, 0.1) is 18.6 Å². The molecule has 0 saturated heterocycles. The van der Waals surface area contributed by atoms with Crippen LogP contribution in [0.15, 0.2) is 0 Å². The van der Waals surface area contributed by atoms with Crippen LogP contribution >= 0.6 is 0 Å². The van der Waals surface area contributed by atoms with Crippen molar-refractivity contribution < 1.29 is 9.53 Å². The first kappa shape index (κ1) is 9.45. The minimum Gasteiger partial charge on any atom is -0.464 e. The molecule has 0 radical (unpaired) electrons. The van der Waals surface area contributed by atoms with Crippen molar-refractivity contribution in [2.24, 2.45) is 5.92 Å². The van der Waals surface area contributed by atoms with Crippen LogP contribution in [0.1, 0.15) is 13.3 Å². The number of esters is 1. The zero-order valence-electron chi connectivity index (χ0n) is 6.20. The van der Waals surface area contributed by atoms with Crippen molar-refractivity contribution >= 4 is 5.97 Å². The third kappa shape index (κ3) is 3.94. The van der Waals surface area contributed by atoms with E-state index >= 15 is 0 Å². The number of nitriles is 2. The van der Waals surface area contributed by atoms with Crippen molar-refractivity contribution in [1.82, 2.24) is 0 Å². The molecule has 0 bridgehead atoms. The second-order valence-corrected chi connectivity index (χ2v) is 1.93.